The Morgan fingerprint density at radius 2 is 2.40 bits per heavy atom. The molecule has 1 aliphatic rings. The first-order valence-electron chi connectivity index (χ1n) is 6.62. The predicted octanol–water partition coefficient (Wildman–Crippen LogP) is 1.37. The number of hydrogen-bond acceptors (Lipinski definition) is 5. The Balaban J connectivity index is 1.64. The number of fused-ring (bicyclic) bond motifs is 1. The van der Waals surface area contributed by atoms with Crippen molar-refractivity contribution in [3.63, 3.8) is 0 Å². The van der Waals surface area contributed by atoms with Gasteiger partial charge in [-0.15, -0.1) is 10.2 Å². The minimum atomic E-state index is -1.06. The summed E-state index contributed by atoms with van der Waals surface area (Å²) in [5, 5.41) is 20.5. The summed E-state index contributed by atoms with van der Waals surface area (Å²) < 4.78 is 7.34. The minimum absolute atomic E-state index is 0.0349. The molecular formula is C13H16N4O3. The highest BCUT2D eigenvalue weighted by molar-refractivity contribution is 5.84. The van der Waals surface area contributed by atoms with Crippen molar-refractivity contribution in [2.45, 2.75) is 38.9 Å². The quantitative estimate of drug-likeness (QED) is 0.856. The highest BCUT2D eigenvalue weighted by Gasteiger charge is 2.21. The molecule has 0 spiro atoms. The van der Waals surface area contributed by atoms with E-state index in [2.05, 4.69) is 20.1 Å². The summed E-state index contributed by atoms with van der Waals surface area (Å²) in [4.78, 5) is 10.7. The molecule has 3 rings (SSSR count). The van der Waals surface area contributed by atoms with Crippen molar-refractivity contribution in [1.29, 1.82) is 0 Å². The molecule has 20 heavy (non-hydrogen) atoms. The summed E-state index contributed by atoms with van der Waals surface area (Å²) >= 11 is 0. The minimum Gasteiger partial charge on any atom is -0.475 e. The lowest BCUT2D eigenvalue weighted by molar-refractivity contribution is 0.0660. The molecule has 2 N–H and O–H groups in total. The molecule has 106 valence electrons. The monoisotopic (exact) mass is 276 g/mol. The first-order valence-corrected chi connectivity index (χ1v) is 6.62. The smallest absolute Gasteiger partial charge is 0.371 e. The second-order valence-corrected chi connectivity index (χ2v) is 4.90. The Hall–Kier alpha value is -2.15. The first kappa shape index (κ1) is 12.9. The van der Waals surface area contributed by atoms with Gasteiger partial charge in [-0.25, -0.2) is 4.79 Å². The summed E-state index contributed by atoms with van der Waals surface area (Å²) in [6.45, 7) is 3.43. The van der Waals surface area contributed by atoms with Crippen LogP contribution in [-0.4, -0.2) is 25.8 Å². The summed E-state index contributed by atoms with van der Waals surface area (Å²) in [5.74, 6) is 1.45. The number of furan rings is 1. The average molecular weight is 276 g/mol. The largest absolute Gasteiger partial charge is 0.475 e. The van der Waals surface area contributed by atoms with E-state index in [9.17, 15) is 4.79 Å². The van der Waals surface area contributed by atoms with Crippen LogP contribution in [0.1, 0.15) is 47.4 Å². The topological polar surface area (TPSA) is 93.2 Å². The summed E-state index contributed by atoms with van der Waals surface area (Å²) in [6, 6.07) is 3.16. The number of aromatic nitrogens is 3. The zero-order valence-electron chi connectivity index (χ0n) is 11.2. The van der Waals surface area contributed by atoms with Gasteiger partial charge in [-0.3, -0.25) is 0 Å². The molecule has 0 aromatic carbocycles. The van der Waals surface area contributed by atoms with E-state index < -0.39 is 5.97 Å². The third kappa shape index (κ3) is 2.32. The van der Waals surface area contributed by atoms with Gasteiger partial charge in [0.1, 0.15) is 17.4 Å². The van der Waals surface area contributed by atoms with E-state index in [0.29, 0.717) is 12.3 Å². The second kappa shape index (κ2) is 5.09. The fourth-order valence-corrected chi connectivity index (χ4v) is 2.43. The van der Waals surface area contributed by atoms with Gasteiger partial charge in [0, 0.05) is 13.0 Å². The second-order valence-electron chi connectivity index (χ2n) is 4.90. The zero-order valence-corrected chi connectivity index (χ0v) is 11.2. The number of aromatic carboxylic acids is 1. The molecule has 0 saturated carbocycles. The van der Waals surface area contributed by atoms with Gasteiger partial charge in [0.2, 0.25) is 5.76 Å². The van der Waals surface area contributed by atoms with Crippen LogP contribution in [0.15, 0.2) is 16.5 Å². The van der Waals surface area contributed by atoms with Crippen LogP contribution in [0.3, 0.4) is 0 Å². The van der Waals surface area contributed by atoms with Crippen LogP contribution in [0.4, 0.5) is 0 Å². The molecule has 3 heterocycles. The Kier molecular flexibility index (Phi) is 3.27. The van der Waals surface area contributed by atoms with Crippen LogP contribution in [0.2, 0.25) is 0 Å². The zero-order chi connectivity index (χ0) is 14.1. The Morgan fingerprint density at radius 1 is 1.55 bits per heavy atom. The molecule has 0 fully saturated rings. The molecule has 2 aromatic heterocycles. The summed E-state index contributed by atoms with van der Waals surface area (Å²) in [6.07, 6.45) is 2.10. The number of carboxylic acids is 1. The van der Waals surface area contributed by atoms with E-state index in [1.54, 1.807) is 6.07 Å². The highest BCUT2D eigenvalue weighted by atomic mass is 16.4. The van der Waals surface area contributed by atoms with Gasteiger partial charge >= 0.3 is 5.97 Å². The van der Waals surface area contributed by atoms with Crippen molar-refractivity contribution in [3.05, 3.63) is 35.3 Å². The Bertz CT molecular complexity index is 631. The van der Waals surface area contributed by atoms with E-state index in [1.807, 2.05) is 6.92 Å². The molecule has 7 nitrogen and oxygen atoms in total. The first-order chi connectivity index (χ1) is 9.65. The van der Waals surface area contributed by atoms with Crippen LogP contribution in [0, 0.1) is 0 Å². The SMILES string of the molecule is CC(NCc1ccc(C(=O)O)o1)c1nnc2n1CCC2. The summed E-state index contributed by atoms with van der Waals surface area (Å²) in [7, 11) is 0. The molecule has 0 bridgehead atoms. The molecule has 2 aromatic rings. The van der Waals surface area contributed by atoms with E-state index in [1.165, 1.54) is 6.07 Å². The maximum atomic E-state index is 10.7. The maximum absolute atomic E-state index is 10.7. The van der Waals surface area contributed by atoms with Crippen LogP contribution in [-0.2, 0) is 19.5 Å². The lowest BCUT2D eigenvalue weighted by atomic mass is 10.3. The van der Waals surface area contributed by atoms with Crippen LogP contribution >= 0.6 is 0 Å². The van der Waals surface area contributed by atoms with Crippen molar-refractivity contribution in [2.75, 3.05) is 0 Å². The number of nitrogens with one attached hydrogen (secondary N) is 1. The molecule has 7 heteroatoms. The Labute approximate surface area is 115 Å². The molecule has 0 saturated heterocycles. The van der Waals surface area contributed by atoms with Crippen LogP contribution < -0.4 is 5.32 Å². The van der Waals surface area contributed by atoms with Gasteiger partial charge in [-0.1, -0.05) is 0 Å². The third-order valence-electron chi connectivity index (χ3n) is 3.48. The van der Waals surface area contributed by atoms with E-state index in [4.69, 9.17) is 9.52 Å². The lowest BCUT2D eigenvalue weighted by Crippen LogP contribution is -2.21. The predicted molar refractivity (Wildman–Crippen MR) is 69.3 cm³/mol. The van der Waals surface area contributed by atoms with Gasteiger partial charge < -0.3 is 19.4 Å². The van der Waals surface area contributed by atoms with Gasteiger partial charge in [0.15, 0.2) is 0 Å². The Morgan fingerprint density at radius 3 is 3.15 bits per heavy atom. The van der Waals surface area contributed by atoms with Crippen molar-refractivity contribution < 1.29 is 14.3 Å². The average Bonchev–Trinajstić information content (AvgIpc) is 3.11. The van der Waals surface area contributed by atoms with Gasteiger partial charge in [-0.2, -0.15) is 0 Å². The maximum Gasteiger partial charge on any atom is 0.371 e. The summed E-state index contributed by atoms with van der Waals surface area (Å²) in [5.41, 5.74) is 0. The molecule has 1 unspecified atom stereocenters. The van der Waals surface area contributed by atoms with Crippen molar-refractivity contribution in [1.82, 2.24) is 20.1 Å². The molecule has 0 radical (unpaired) electrons. The number of hydrogen-bond donors (Lipinski definition) is 2. The molecule has 0 amide bonds. The van der Waals surface area contributed by atoms with E-state index in [0.717, 1.165) is 31.0 Å². The molecule has 0 aliphatic carbocycles. The fraction of sp³-hybridized carbons (Fsp3) is 0.462. The normalized spacial score (nSPS) is 15.2. The number of nitrogens with zero attached hydrogens (tertiary/aromatic N) is 3. The van der Waals surface area contributed by atoms with Gasteiger partial charge in [0.05, 0.1) is 12.6 Å². The van der Waals surface area contributed by atoms with Gasteiger partial charge in [0.25, 0.3) is 0 Å². The van der Waals surface area contributed by atoms with E-state index in [-0.39, 0.29) is 11.8 Å². The molecular weight excluding hydrogens is 260 g/mol. The van der Waals surface area contributed by atoms with Crippen LogP contribution in [0.5, 0.6) is 0 Å². The van der Waals surface area contributed by atoms with Crippen LogP contribution in [0.25, 0.3) is 0 Å². The van der Waals surface area contributed by atoms with Crippen molar-refractivity contribution in [3.8, 4) is 0 Å². The number of aryl methyl sites for hydroxylation is 1. The molecule has 1 atom stereocenters. The van der Waals surface area contributed by atoms with Crippen molar-refractivity contribution >= 4 is 5.97 Å². The number of rotatable bonds is 5. The van der Waals surface area contributed by atoms with Gasteiger partial charge in [-0.05, 0) is 25.5 Å². The lowest BCUT2D eigenvalue weighted by Gasteiger charge is -2.12. The third-order valence-corrected chi connectivity index (χ3v) is 3.48. The van der Waals surface area contributed by atoms with E-state index >= 15 is 0 Å². The standard InChI is InChI=1S/C13H16N4O3/c1-8(12-16-15-11-3-2-6-17(11)12)14-7-9-4-5-10(20-9)13(18)19/h4-5,8,14H,2-3,6-7H2,1H3,(H,18,19). The number of carbonyl (C=O) groups is 1. The number of carboxylic acid groups (broad SMARTS) is 1. The fourth-order valence-electron chi connectivity index (χ4n) is 2.43. The molecule has 1 aliphatic heterocycles. The van der Waals surface area contributed by atoms with Crippen molar-refractivity contribution in [2.24, 2.45) is 0 Å². The highest BCUT2D eigenvalue weighted by Crippen LogP contribution is 2.19.